The molecule has 1 unspecified atom stereocenters. The Morgan fingerprint density at radius 3 is 2.68 bits per heavy atom. The zero-order valence-electron chi connectivity index (χ0n) is 14.0. The van der Waals surface area contributed by atoms with Gasteiger partial charge in [-0.15, -0.1) is 5.10 Å². The Bertz CT molecular complexity index is 785. The van der Waals surface area contributed by atoms with Gasteiger partial charge in [0.15, 0.2) is 0 Å². The Hall–Kier alpha value is -2.71. The first-order valence-electron chi connectivity index (χ1n) is 7.75. The first-order chi connectivity index (χ1) is 12.1. The van der Waals surface area contributed by atoms with E-state index in [1.54, 1.807) is 6.26 Å². The lowest BCUT2D eigenvalue weighted by molar-refractivity contribution is 0.233. The minimum absolute atomic E-state index is 0.0275. The van der Waals surface area contributed by atoms with Crippen molar-refractivity contribution in [3.8, 4) is 11.3 Å². The van der Waals surface area contributed by atoms with Gasteiger partial charge in [-0.3, -0.25) is 4.90 Å². The molecule has 1 aromatic carbocycles. The zero-order chi connectivity index (χ0) is 17.6. The second-order valence-corrected chi connectivity index (χ2v) is 6.31. The third kappa shape index (κ3) is 4.43. The molecule has 2 heterocycles. The van der Waals surface area contributed by atoms with E-state index in [4.69, 9.17) is 4.42 Å². The van der Waals surface area contributed by atoms with Crippen molar-refractivity contribution in [1.82, 2.24) is 19.8 Å². The van der Waals surface area contributed by atoms with Gasteiger partial charge in [0.25, 0.3) is 0 Å². The minimum atomic E-state index is -0.263. The topological polar surface area (TPSA) is 83.3 Å². The zero-order valence-corrected chi connectivity index (χ0v) is 14.8. The van der Waals surface area contributed by atoms with Gasteiger partial charge >= 0.3 is 6.03 Å². The van der Waals surface area contributed by atoms with E-state index in [2.05, 4.69) is 20.2 Å². The number of carbonyl (C=O) groups excluding carboxylic acids is 1. The fourth-order valence-corrected chi connectivity index (χ4v) is 2.86. The first kappa shape index (κ1) is 17.1. The summed E-state index contributed by atoms with van der Waals surface area (Å²) in [6.07, 6.45) is 1.63. The van der Waals surface area contributed by atoms with Gasteiger partial charge < -0.3 is 15.1 Å². The van der Waals surface area contributed by atoms with Crippen LogP contribution in [0.4, 0.5) is 10.5 Å². The van der Waals surface area contributed by atoms with Crippen molar-refractivity contribution in [3.63, 3.8) is 0 Å². The number of anilines is 1. The molecule has 0 aliphatic rings. The van der Waals surface area contributed by atoms with Crippen molar-refractivity contribution in [2.75, 3.05) is 26.0 Å². The average Bonchev–Trinajstić information content (AvgIpc) is 3.29. The lowest BCUT2D eigenvalue weighted by Crippen LogP contribution is -2.36. The van der Waals surface area contributed by atoms with Crippen LogP contribution in [0.15, 0.2) is 52.5 Å². The molecule has 2 aromatic heterocycles. The van der Waals surface area contributed by atoms with Gasteiger partial charge in [-0.05, 0) is 49.9 Å². The van der Waals surface area contributed by atoms with E-state index in [-0.39, 0.29) is 12.1 Å². The SMILES string of the molecule is CN(C)C(CNC(=O)Nc1ccc(-c2csnn2)cc1)c1ccco1. The third-order valence-electron chi connectivity index (χ3n) is 3.75. The lowest BCUT2D eigenvalue weighted by atomic mass is 10.1. The summed E-state index contributed by atoms with van der Waals surface area (Å²) < 4.78 is 9.28. The van der Waals surface area contributed by atoms with Gasteiger partial charge in [0, 0.05) is 23.2 Å². The summed E-state index contributed by atoms with van der Waals surface area (Å²) in [6, 6.07) is 10.9. The van der Waals surface area contributed by atoms with Gasteiger partial charge in [0.05, 0.1) is 12.3 Å². The maximum absolute atomic E-state index is 12.1. The van der Waals surface area contributed by atoms with Crippen LogP contribution in [0.3, 0.4) is 0 Å². The van der Waals surface area contributed by atoms with E-state index in [0.29, 0.717) is 12.2 Å². The van der Waals surface area contributed by atoms with Crippen LogP contribution in [-0.4, -0.2) is 41.2 Å². The maximum Gasteiger partial charge on any atom is 0.319 e. The fraction of sp³-hybridized carbons (Fsp3) is 0.235. The quantitative estimate of drug-likeness (QED) is 0.708. The number of nitrogens with zero attached hydrogens (tertiary/aromatic N) is 3. The summed E-state index contributed by atoms with van der Waals surface area (Å²) in [4.78, 5) is 14.1. The largest absolute Gasteiger partial charge is 0.468 e. The number of carbonyl (C=O) groups is 1. The van der Waals surface area contributed by atoms with E-state index in [1.165, 1.54) is 11.5 Å². The number of hydrogen-bond donors (Lipinski definition) is 2. The summed E-state index contributed by atoms with van der Waals surface area (Å²) in [7, 11) is 3.89. The summed E-state index contributed by atoms with van der Waals surface area (Å²) >= 11 is 1.31. The van der Waals surface area contributed by atoms with Crippen molar-refractivity contribution >= 4 is 23.3 Å². The van der Waals surface area contributed by atoms with E-state index < -0.39 is 0 Å². The molecule has 0 bridgehead atoms. The average molecular weight is 357 g/mol. The molecular formula is C17H19N5O2S. The molecule has 1 atom stereocenters. The standard InChI is InChI=1S/C17H19N5O2S/c1-22(2)15(16-4-3-9-24-16)10-18-17(23)19-13-7-5-12(6-8-13)14-11-25-21-20-14/h3-9,11,15H,10H2,1-2H3,(H2,18,19,23). The van der Waals surface area contributed by atoms with Crippen molar-refractivity contribution in [2.24, 2.45) is 0 Å². The van der Waals surface area contributed by atoms with Crippen LogP contribution in [0.5, 0.6) is 0 Å². The van der Waals surface area contributed by atoms with E-state index in [1.807, 2.05) is 60.8 Å². The summed E-state index contributed by atoms with van der Waals surface area (Å²) in [5, 5.41) is 11.6. The molecular weight excluding hydrogens is 338 g/mol. The molecule has 0 saturated heterocycles. The molecule has 3 rings (SSSR count). The molecule has 0 radical (unpaired) electrons. The summed E-state index contributed by atoms with van der Waals surface area (Å²) in [5.74, 6) is 0.812. The molecule has 0 spiro atoms. The van der Waals surface area contributed by atoms with Crippen LogP contribution in [0.1, 0.15) is 11.8 Å². The molecule has 25 heavy (non-hydrogen) atoms. The lowest BCUT2D eigenvalue weighted by Gasteiger charge is -2.22. The number of rotatable bonds is 6. The van der Waals surface area contributed by atoms with Crippen LogP contribution in [0.25, 0.3) is 11.3 Å². The highest BCUT2D eigenvalue weighted by Gasteiger charge is 2.17. The molecule has 0 aliphatic carbocycles. The fourth-order valence-electron chi connectivity index (χ4n) is 2.40. The van der Waals surface area contributed by atoms with Crippen molar-refractivity contribution in [3.05, 3.63) is 53.8 Å². The van der Waals surface area contributed by atoms with Gasteiger partial charge in [-0.25, -0.2) is 4.79 Å². The van der Waals surface area contributed by atoms with Crippen LogP contribution < -0.4 is 10.6 Å². The predicted molar refractivity (Wildman–Crippen MR) is 97.5 cm³/mol. The Kier molecular flexibility index (Phi) is 5.42. The molecule has 130 valence electrons. The van der Waals surface area contributed by atoms with Gasteiger partial charge in [0.1, 0.15) is 11.5 Å². The van der Waals surface area contributed by atoms with Crippen LogP contribution in [0.2, 0.25) is 0 Å². The Morgan fingerprint density at radius 2 is 2.08 bits per heavy atom. The Morgan fingerprint density at radius 1 is 1.28 bits per heavy atom. The maximum atomic E-state index is 12.1. The van der Waals surface area contributed by atoms with Gasteiger partial charge in [-0.1, -0.05) is 16.6 Å². The number of nitrogens with one attached hydrogen (secondary N) is 2. The van der Waals surface area contributed by atoms with Crippen LogP contribution in [0, 0.1) is 0 Å². The second-order valence-electron chi connectivity index (χ2n) is 5.70. The Labute approximate surface area is 149 Å². The Balaban J connectivity index is 1.55. The molecule has 7 nitrogen and oxygen atoms in total. The minimum Gasteiger partial charge on any atom is -0.468 e. The number of furan rings is 1. The number of urea groups is 1. The smallest absolute Gasteiger partial charge is 0.319 e. The van der Waals surface area contributed by atoms with Crippen molar-refractivity contribution < 1.29 is 9.21 Å². The molecule has 0 aliphatic heterocycles. The number of benzene rings is 1. The van der Waals surface area contributed by atoms with E-state index >= 15 is 0 Å². The van der Waals surface area contributed by atoms with E-state index in [0.717, 1.165) is 17.0 Å². The highest BCUT2D eigenvalue weighted by atomic mass is 32.1. The molecule has 3 aromatic rings. The number of aromatic nitrogens is 2. The number of amides is 2. The first-order valence-corrected chi connectivity index (χ1v) is 8.59. The second kappa shape index (κ2) is 7.91. The summed E-state index contributed by atoms with van der Waals surface area (Å²) in [5.41, 5.74) is 2.50. The molecule has 0 fully saturated rings. The number of hydrogen-bond acceptors (Lipinski definition) is 6. The van der Waals surface area contributed by atoms with Crippen molar-refractivity contribution in [1.29, 1.82) is 0 Å². The van der Waals surface area contributed by atoms with Crippen LogP contribution >= 0.6 is 11.5 Å². The highest BCUT2D eigenvalue weighted by molar-refractivity contribution is 7.03. The predicted octanol–water partition coefficient (Wildman–Crippen LogP) is 3.22. The van der Waals surface area contributed by atoms with E-state index in [9.17, 15) is 4.79 Å². The molecule has 2 amide bonds. The van der Waals surface area contributed by atoms with Gasteiger partial charge in [-0.2, -0.15) is 0 Å². The molecule has 2 N–H and O–H groups in total. The monoisotopic (exact) mass is 357 g/mol. The van der Waals surface area contributed by atoms with Crippen LogP contribution in [-0.2, 0) is 0 Å². The molecule has 0 saturated carbocycles. The summed E-state index contributed by atoms with van der Waals surface area (Å²) in [6.45, 7) is 0.439. The highest BCUT2D eigenvalue weighted by Crippen LogP contribution is 2.20. The normalized spacial score (nSPS) is 12.1. The van der Waals surface area contributed by atoms with Crippen molar-refractivity contribution in [2.45, 2.75) is 6.04 Å². The molecule has 8 heteroatoms. The number of likely N-dealkylation sites (N-methyl/N-ethyl adjacent to an activating group) is 1. The van der Waals surface area contributed by atoms with Gasteiger partial charge in [0.2, 0.25) is 0 Å². The third-order valence-corrected chi connectivity index (χ3v) is 4.25.